The minimum atomic E-state index is -0.293. The third-order valence-electron chi connectivity index (χ3n) is 6.58. The molecule has 5 rings (SSSR count). The van der Waals surface area contributed by atoms with E-state index in [-0.39, 0.29) is 17.6 Å². The van der Waals surface area contributed by atoms with Gasteiger partial charge in [-0.05, 0) is 66.6 Å². The number of amides is 2. The number of rotatable bonds is 3. The molecule has 1 unspecified atom stereocenters. The number of carbonyl (C=O) groups excluding carboxylic acids is 2. The van der Waals surface area contributed by atoms with Crippen molar-refractivity contribution in [2.45, 2.75) is 12.8 Å². The molecule has 2 atom stereocenters. The fourth-order valence-electron chi connectivity index (χ4n) is 4.74. The van der Waals surface area contributed by atoms with Crippen LogP contribution in [0.25, 0.3) is 17.1 Å². The average molecular weight is 433 g/mol. The van der Waals surface area contributed by atoms with E-state index in [1.807, 2.05) is 21.9 Å². The van der Waals surface area contributed by atoms with Crippen molar-refractivity contribution in [2.24, 2.45) is 11.8 Å². The molecule has 32 heavy (non-hydrogen) atoms. The van der Waals surface area contributed by atoms with Gasteiger partial charge in [-0.3, -0.25) is 14.7 Å². The second-order valence-corrected chi connectivity index (χ2v) is 8.56. The molecule has 7 nitrogen and oxygen atoms in total. The van der Waals surface area contributed by atoms with Gasteiger partial charge in [-0.2, -0.15) is 0 Å². The first kappa shape index (κ1) is 20.4. The lowest BCUT2D eigenvalue weighted by Crippen LogP contribution is -2.33. The molecular weight excluding hydrogens is 409 g/mol. The zero-order valence-corrected chi connectivity index (χ0v) is 17.6. The monoisotopic (exact) mass is 433 g/mol. The summed E-state index contributed by atoms with van der Waals surface area (Å²) in [6, 6.07) is 11.5. The first-order chi connectivity index (χ1) is 15.6. The van der Waals surface area contributed by atoms with Crippen molar-refractivity contribution in [1.29, 1.82) is 0 Å². The van der Waals surface area contributed by atoms with Gasteiger partial charge in [-0.25, -0.2) is 4.39 Å². The van der Waals surface area contributed by atoms with Crippen LogP contribution in [0.3, 0.4) is 0 Å². The van der Waals surface area contributed by atoms with E-state index >= 15 is 0 Å². The van der Waals surface area contributed by atoms with Crippen LogP contribution in [0.2, 0.25) is 0 Å². The van der Waals surface area contributed by atoms with E-state index in [1.165, 1.54) is 12.1 Å². The Kier molecular flexibility index (Phi) is 5.43. The lowest BCUT2D eigenvalue weighted by molar-refractivity contribution is -0.126. The molecular formula is C24H24FN5O2. The normalized spacial score (nSPS) is 21.2. The number of fused-ring (bicyclic) bond motifs is 2. The lowest BCUT2D eigenvalue weighted by Gasteiger charge is -2.21. The maximum absolute atomic E-state index is 13.0. The highest BCUT2D eigenvalue weighted by Crippen LogP contribution is 2.33. The molecule has 0 radical (unpaired) electrons. The number of nitrogens with one attached hydrogen (secondary N) is 1. The number of benzene rings is 2. The van der Waals surface area contributed by atoms with Crippen LogP contribution in [0.5, 0.6) is 0 Å². The van der Waals surface area contributed by atoms with Crippen LogP contribution >= 0.6 is 0 Å². The van der Waals surface area contributed by atoms with Gasteiger partial charge in [0.15, 0.2) is 0 Å². The van der Waals surface area contributed by atoms with Crippen LogP contribution < -0.4 is 0 Å². The quantitative estimate of drug-likeness (QED) is 0.644. The fraction of sp³-hybridized carbons (Fsp3) is 0.333. The maximum atomic E-state index is 13.0. The molecule has 0 aliphatic carbocycles. The molecule has 2 aliphatic heterocycles. The summed E-state index contributed by atoms with van der Waals surface area (Å²) in [4.78, 5) is 29.5. The molecule has 0 saturated carbocycles. The molecule has 2 fully saturated rings. The largest absolute Gasteiger partial charge is 0.339 e. The van der Waals surface area contributed by atoms with Gasteiger partial charge in [0.05, 0.1) is 5.52 Å². The van der Waals surface area contributed by atoms with Gasteiger partial charge in [0.25, 0.3) is 5.91 Å². The maximum Gasteiger partial charge on any atom is 0.253 e. The highest BCUT2D eigenvalue weighted by atomic mass is 19.1. The van der Waals surface area contributed by atoms with E-state index in [0.29, 0.717) is 49.1 Å². The molecule has 2 saturated heterocycles. The number of carbonyl (C=O) groups is 2. The van der Waals surface area contributed by atoms with E-state index in [4.69, 9.17) is 0 Å². The lowest BCUT2D eigenvalue weighted by atomic mass is 9.92. The number of hydrogen-bond acceptors (Lipinski definition) is 4. The van der Waals surface area contributed by atoms with Crippen molar-refractivity contribution in [3.63, 3.8) is 0 Å². The molecule has 8 heteroatoms. The van der Waals surface area contributed by atoms with Gasteiger partial charge < -0.3 is 9.80 Å². The summed E-state index contributed by atoms with van der Waals surface area (Å²) in [6.45, 7) is 2.79. The van der Waals surface area contributed by atoms with Crippen LogP contribution in [-0.2, 0) is 4.79 Å². The first-order valence-corrected chi connectivity index (χ1v) is 10.9. The average Bonchev–Trinajstić information content (AvgIpc) is 3.40. The third kappa shape index (κ3) is 4.12. The van der Waals surface area contributed by atoms with Crippen molar-refractivity contribution in [3.05, 3.63) is 65.5 Å². The number of hydrogen-bond donors (Lipinski definition) is 1. The fourth-order valence-corrected chi connectivity index (χ4v) is 4.74. The summed E-state index contributed by atoms with van der Waals surface area (Å²) in [5, 5.41) is 10.6. The molecule has 2 aromatic carbocycles. The Morgan fingerprint density at radius 2 is 1.72 bits per heavy atom. The van der Waals surface area contributed by atoms with E-state index in [9.17, 15) is 14.0 Å². The summed E-state index contributed by atoms with van der Waals surface area (Å²) in [6.07, 6.45) is 5.05. The minimum Gasteiger partial charge on any atom is -0.339 e. The summed E-state index contributed by atoms with van der Waals surface area (Å²) in [5.41, 5.74) is 2.92. The van der Waals surface area contributed by atoms with E-state index in [2.05, 4.69) is 15.4 Å². The second kappa shape index (κ2) is 8.53. The van der Waals surface area contributed by atoms with Gasteiger partial charge in [0.1, 0.15) is 11.3 Å². The van der Waals surface area contributed by atoms with Gasteiger partial charge in [0.2, 0.25) is 5.91 Å². The van der Waals surface area contributed by atoms with Gasteiger partial charge in [0, 0.05) is 37.8 Å². The molecule has 1 N–H and O–H groups in total. The smallest absolute Gasteiger partial charge is 0.253 e. The summed E-state index contributed by atoms with van der Waals surface area (Å²) < 4.78 is 13.0. The first-order valence-electron chi connectivity index (χ1n) is 10.9. The molecule has 3 aromatic rings. The predicted molar refractivity (Wildman–Crippen MR) is 118 cm³/mol. The van der Waals surface area contributed by atoms with Crippen LogP contribution in [-0.4, -0.2) is 63.2 Å². The van der Waals surface area contributed by atoms with E-state index in [1.54, 1.807) is 30.4 Å². The van der Waals surface area contributed by atoms with Crippen LogP contribution in [0, 0.1) is 17.7 Å². The molecule has 164 valence electrons. The van der Waals surface area contributed by atoms with Crippen molar-refractivity contribution in [3.8, 4) is 0 Å². The van der Waals surface area contributed by atoms with E-state index < -0.39 is 0 Å². The van der Waals surface area contributed by atoms with Crippen molar-refractivity contribution in [2.75, 3.05) is 26.2 Å². The van der Waals surface area contributed by atoms with Gasteiger partial charge >= 0.3 is 0 Å². The molecule has 2 amide bonds. The number of H-pyrrole nitrogens is 1. The van der Waals surface area contributed by atoms with Crippen molar-refractivity contribution < 1.29 is 14.0 Å². The number of aromatic nitrogens is 3. The highest BCUT2D eigenvalue weighted by Gasteiger charge is 2.37. The third-order valence-corrected chi connectivity index (χ3v) is 6.58. The highest BCUT2D eigenvalue weighted by molar-refractivity contribution is 5.97. The molecule has 1 aromatic heterocycles. The summed E-state index contributed by atoms with van der Waals surface area (Å²) in [5.74, 6) is 0.502. The van der Waals surface area contributed by atoms with Gasteiger partial charge in [-0.1, -0.05) is 17.3 Å². The number of nitrogens with zero attached hydrogens (tertiary/aromatic N) is 4. The Morgan fingerprint density at radius 1 is 1.00 bits per heavy atom. The van der Waals surface area contributed by atoms with Crippen molar-refractivity contribution in [1.82, 2.24) is 25.2 Å². The minimum absolute atomic E-state index is 0.0249. The molecule has 0 bridgehead atoms. The molecule has 3 heterocycles. The number of halogens is 1. The van der Waals surface area contributed by atoms with E-state index in [0.717, 1.165) is 23.9 Å². The molecule has 0 spiro atoms. The number of aromatic amines is 1. The standard InChI is InChI=1S/C24H24FN5O2/c25-20-5-1-16(2-6-20)3-8-23(31)29-11-9-18-14-30(15-19(18)10-12-29)24(32)17-4-7-21-22(13-17)27-28-26-21/h1-8,13,18-19H,9-12,14-15H2,(H,26,27,28)/b8-3+/t18-,19?/m1/s1. The number of likely N-dealkylation sites (tertiary alicyclic amines) is 2. The summed E-state index contributed by atoms with van der Waals surface area (Å²) in [7, 11) is 0. The van der Waals surface area contributed by atoms with Crippen molar-refractivity contribution >= 4 is 28.9 Å². The Balaban J connectivity index is 1.19. The zero-order valence-electron chi connectivity index (χ0n) is 17.6. The Hall–Kier alpha value is -3.55. The Morgan fingerprint density at radius 3 is 2.44 bits per heavy atom. The topological polar surface area (TPSA) is 82.2 Å². The summed E-state index contributed by atoms with van der Waals surface area (Å²) >= 11 is 0. The Bertz CT molecular complexity index is 1160. The van der Waals surface area contributed by atoms with Crippen LogP contribution in [0.4, 0.5) is 4.39 Å². The van der Waals surface area contributed by atoms with Crippen LogP contribution in [0.1, 0.15) is 28.8 Å². The second-order valence-electron chi connectivity index (χ2n) is 8.56. The zero-order chi connectivity index (χ0) is 22.1. The van der Waals surface area contributed by atoms with Crippen LogP contribution in [0.15, 0.2) is 48.5 Å². The van der Waals surface area contributed by atoms with Gasteiger partial charge in [-0.15, -0.1) is 5.10 Å². The predicted octanol–water partition coefficient (Wildman–Crippen LogP) is 3.12. The Labute approximate surface area is 184 Å². The SMILES string of the molecule is O=C(/C=C/c1ccc(F)cc1)N1CCC2CN(C(=O)c3ccc4[nH]nnc4c3)C[C@H]2CC1. The molecule has 2 aliphatic rings.